The van der Waals surface area contributed by atoms with E-state index in [0.717, 1.165) is 5.56 Å². The number of halogens is 3. The van der Waals surface area contributed by atoms with Gasteiger partial charge in [-0.1, -0.05) is 46.3 Å². The molecular weight excluding hydrogens is 312 g/mol. The highest BCUT2D eigenvalue weighted by atomic mass is 79.9. The van der Waals surface area contributed by atoms with Gasteiger partial charge in [0.05, 0.1) is 0 Å². The van der Waals surface area contributed by atoms with Gasteiger partial charge in [0.2, 0.25) is 0 Å². The van der Waals surface area contributed by atoms with Gasteiger partial charge >= 0.3 is 0 Å². The Hall–Kier alpha value is -1.42. The first-order chi connectivity index (χ1) is 9.06. The van der Waals surface area contributed by atoms with Crippen molar-refractivity contribution in [1.82, 2.24) is 0 Å². The number of rotatable bonds is 4. The standard InChI is InChI=1S/C15H14BrF2N/c1-10(7-11-5-3-2-4-6-11)19-15-13(17)8-12(16)9-14(15)18/h2-6,8-10,19H,7H2,1H3. The molecule has 2 rings (SSSR count). The molecule has 0 amide bonds. The maximum absolute atomic E-state index is 13.7. The molecule has 2 aromatic carbocycles. The summed E-state index contributed by atoms with van der Waals surface area (Å²) in [7, 11) is 0. The van der Waals surface area contributed by atoms with E-state index < -0.39 is 11.6 Å². The first kappa shape index (κ1) is 14.0. The van der Waals surface area contributed by atoms with Crippen molar-refractivity contribution in [2.45, 2.75) is 19.4 Å². The number of hydrogen-bond donors (Lipinski definition) is 1. The van der Waals surface area contributed by atoms with Crippen LogP contribution in [0.2, 0.25) is 0 Å². The van der Waals surface area contributed by atoms with Crippen LogP contribution in [0.1, 0.15) is 12.5 Å². The van der Waals surface area contributed by atoms with Crippen LogP contribution < -0.4 is 5.32 Å². The molecule has 100 valence electrons. The molecule has 0 aromatic heterocycles. The monoisotopic (exact) mass is 325 g/mol. The van der Waals surface area contributed by atoms with Crippen LogP contribution in [0, 0.1) is 11.6 Å². The van der Waals surface area contributed by atoms with Crippen LogP contribution in [0.4, 0.5) is 14.5 Å². The quantitative estimate of drug-likeness (QED) is 0.853. The Morgan fingerprint density at radius 1 is 1.11 bits per heavy atom. The second kappa shape index (κ2) is 6.15. The molecule has 0 aliphatic heterocycles. The minimum absolute atomic E-state index is 0.0624. The minimum atomic E-state index is -0.591. The van der Waals surface area contributed by atoms with Crippen LogP contribution in [-0.2, 0) is 6.42 Å². The van der Waals surface area contributed by atoms with Crippen molar-refractivity contribution in [2.24, 2.45) is 0 Å². The third kappa shape index (κ3) is 3.77. The van der Waals surface area contributed by atoms with E-state index in [-0.39, 0.29) is 11.7 Å². The SMILES string of the molecule is CC(Cc1ccccc1)Nc1c(F)cc(Br)cc1F. The maximum Gasteiger partial charge on any atom is 0.150 e. The molecule has 4 heteroatoms. The first-order valence-corrected chi connectivity index (χ1v) is 6.80. The van der Waals surface area contributed by atoms with Crippen molar-refractivity contribution in [2.75, 3.05) is 5.32 Å². The van der Waals surface area contributed by atoms with Crippen molar-refractivity contribution in [3.8, 4) is 0 Å². The summed E-state index contributed by atoms with van der Waals surface area (Å²) in [6.07, 6.45) is 0.704. The minimum Gasteiger partial charge on any atom is -0.378 e. The Balaban J connectivity index is 2.09. The van der Waals surface area contributed by atoms with Crippen molar-refractivity contribution in [3.63, 3.8) is 0 Å². The predicted molar refractivity (Wildman–Crippen MR) is 77.3 cm³/mol. The van der Waals surface area contributed by atoms with Crippen molar-refractivity contribution in [1.29, 1.82) is 0 Å². The molecule has 19 heavy (non-hydrogen) atoms. The van der Waals surface area contributed by atoms with E-state index in [2.05, 4.69) is 21.2 Å². The summed E-state index contributed by atoms with van der Waals surface area (Å²) in [5.41, 5.74) is 1.05. The molecule has 1 N–H and O–H groups in total. The van der Waals surface area contributed by atoms with Crippen molar-refractivity contribution in [3.05, 3.63) is 64.1 Å². The molecule has 0 saturated carbocycles. The number of anilines is 1. The number of nitrogens with one attached hydrogen (secondary N) is 1. The zero-order valence-corrected chi connectivity index (χ0v) is 12.0. The van der Waals surface area contributed by atoms with E-state index in [0.29, 0.717) is 10.9 Å². The summed E-state index contributed by atoms with van der Waals surface area (Å²) in [5, 5.41) is 2.88. The second-order valence-corrected chi connectivity index (χ2v) is 5.40. The van der Waals surface area contributed by atoms with E-state index >= 15 is 0 Å². The molecule has 1 unspecified atom stereocenters. The topological polar surface area (TPSA) is 12.0 Å². The third-order valence-electron chi connectivity index (χ3n) is 2.78. The molecule has 0 saturated heterocycles. The summed E-state index contributed by atoms with van der Waals surface area (Å²) in [6.45, 7) is 1.90. The van der Waals surface area contributed by atoms with E-state index in [1.165, 1.54) is 12.1 Å². The van der Waals surface area contributed by atoms with Gasteiger partial charge in [0, 0.05) is 10.5 Å². The van der Waals surface area contributed by atoms with Gasteiger partial charge in [-0.2, -0.15) is 0 Å². The molecule has 0 heterocycles. The molecule has 0 aliphatic rings. The van der Waals surface area contributed by atoms with Crippen LogP contribution in [0.25, 0.3) is 0 Å². The number of benzene rings is 2. The summed E-state index contributed by atoms with van der Waals surface area (Å²) >= 11 is 3.06. The lowest BCUT2D eigenvalue weighted by Crippen LogP contribution is -2.19. The molecule has 0 fully saturated rings. The van der Waals surface area contributed by atoms with E-state index in [4.69, 9.17) is 0 Å². The fraction of sp³-hybridized carbons (Fsp3) is 0.200. The summed E-state index contributed by atoms with van der Waals surface area (Å²) in [4.78, 5) is 0. The Morgan fingerprint density at radius 3 is 2.26 bits per heavy atom. The van der Waals surface area contributed by atoms with E-state index in [1.54, 1.807) is 0 Å². The largest absolute Gasteiger partial charge is 0.378 e. The van der Waals surface area contributed by atoms with Gasteiger partial charge in [-0.3, -0.25) is 0 Å². The Kier molecular flexibility index (Phi) is 4.53. The van der Waals surface area contributed by atoms with Crippen LogP contribution in [0.5, 0.6) is 0 Å². The Morgan fingerprint density at radius 2 is 1.68 bits per heavy atom. The van der Waals surface area contributed by atoms with E-state index in [9.17, 15) is 8.78 Å². The van der Waals surface area contributed by atoms with Crippen LogP contribution in [-0.4, -0.2) is 6.04 Å². The second-order valence-electron chi connectivity index (χ2n) is 4.48. The van der Waals surface area contributed by atoms with Gasteiger partial charge in [-0.25, -0.2) is 8.78 Å². The molecule has 0 spiro atoms. The molecule has 0 aliphatic carbocycles. The zero-order chi connectivity index (χ0) is 13.8. The summed E-state index contributed by atoms with van der Waals surface area (Å²) in [5.74, 6) is -1.18. The van der Waals surface area contributed by atoms with Gasteiger partial charge in [0.25, 0.3) is 0 Å². The normalized spacial score (nSPS) is 12.2. The lowest BCUT2D eigenvalue weighted by molar-refractivity contribution is 0.581. The Bertz CT molecular complexity index is 534. The third-order valence-corrected chi connectivity index (χ3v) is 3.24. The lowest BCUT2D eigenvalue weighted by atomic mass is 10.1. The highest BCUT2D eigenvalue weighted by Gasteiger charge is 2.13. The highest BCUT2D eigenvalue weighted by molar-refractivity contribution is 9.10. The Labute approximate surface area is 119 Å². The van der Waals surface area contributed by atoms with Gasteiger partial charge in [0.1, 0.15) is 17.3 Å². The maximum atomic E-state index is 13.7. The highest BCUT2D eigenvalue weighted by Crippen LogP contribution is 2.24. The summed E-state index contributed by atoms with van der Waals surface area (Å²) in [6, 6.07) is 12.3. The fourth-order valence-electron chi connectivity index (χ4n) is 1.95. The van der Waals surface area contributed by atoms with Crippen molar-refractivity contribution < 1.29 is 8.78 Å². The molecule has 0 bridgehead atoms. The van der Waals surface area contributed by atoms with Gasteiger partial charge in [-0.05, 0) is 31.0 Å². The van der Waals surface area contributed by atoms with Crippen LogP contribution >= 0.6 is 15.9 Å². The van der Waals surface area contributed by atoms with Gasteiger partial charge in [-0.15, -0.1) is 0 Å². The van der Waals surface area contributed by atoms with E-state index in [1.807, 2.05) is 37.3 Å². The van der Waals surface area contributed by atoms with Crippen LogP contribution in [0.3, 0.4) is 0 Å². The fourth-order valence-corrected chi connectivity index (χ4v) is 2.35. The average Bonchev–Trinajstić information content (AvgIpc) is 2.35. The number of hydrogen-bond acceptors (Lipinski definition) is 1. The molecule has 0 radical (unpaired) electrons. The van der Waals surface area contributed by atoms with Crippen molar-refractivity contribution >= 4 is 21.6 Å². The van der Waals surface area contributed by atoms with Gasteiger partial charge in [0.15, 0.2) is 0 Å². The van der Waals surface area contributed by atoms with Gasteiger partial charge < -0.3 is 5.32 Å². The molecule has 1 nitrogen and oxygen atoms in total. The molecular formula is C15H14BrF2N. The molecule has 2 aromatic rings. The van der Waals surface area contributed by atoms with Crippen LogP contribution in [0.15, 0.2) is 46.9 Å². The molecule has 1 atom stereocenters. The predicted octanol–water partition coefficient (Wildman–Crippen LogP) is 4.77. The first-order valence-electron chi connectivity index (χ1n) is 6.01. The smallest absolute Gasteiger partial charge is 0.150 e. The average molecular weight is 326 g/mol. The lowest BCUT2D eigenvalue weighted by Gasteiger charge is -2.16. The zero-order valence-electron chi connectivity index (χ0n) is 10.5. The summed E-state index contributed by atoms with van der Waals surface area (Å²) < 4.78 is 27.7.